The monoisotopic (exact) mass is 314 g/mol. The summed E-state index contributed by atoms with van der Waals surface area (Å²) in [6, 6.07) is 4.11. The summed E-state index contributed by atoms with van der Waals surface area (Å²) >= 11 is 0. The molecule has 2 rings (SSSR count). The van der Waals surface area contributed by atoms with Crippen molar-refractivity contribution < 1.29 is 23.8 Å². The Morgan fingerprint density at radius 3 is 2.68 bits per heavy atom. The predicted octanol–water partition coefficient (Wildman–Crippen LogP) is 0.421. The number of aliphatic hydroxyl groups is 1. The van der Waals surface area contributed by atoms with Crippen LogP contribution in [0.4, 0.5) is 25.0 Å². The van der Waals surface area contributed by atoms with Gasteiger partial charge in [-0.25, -0.2) is 8.78 Å². The van der Waals surface area contributed by atoms with Crippen molar-refractivity contribution in [3.63, 3.8) is 0 Å². The van der Waals surface area contributed by atoms with E-state index in [4.69, 9.17) is 5.73 Å². The Labute approximate surface area is 126 Å². The lowest BCUT2D eigenvalue weighted by molar-refractivity contribution is -0.268. The number of hydrogen-bond donors (Lipinski definition) is 2. The Bertz CT molecular complexity index is 556. The summed E-state index contributed by atoms with van der Waals surface area (Å²) in [4.78, 5) is 13.9. The van der Waals surface area contributed by atoms with E-state index in [0.717, 1.165) is 0 Å². The van der Waals surface area contributed by atoms with Crippen molar-refractivity contribution >= 4 is 17.5 Å². The first-order valence-electron chi connectivity index (χ1n) is 6.89. The van der Waals surface area contributed by atoms with Crippen molar-refractivity contribution in [1.82, 2.24) is 4.90 Å². The molecular formula is C14H18F2N3O3-. The molecule has 1 amide bonds. The highest BCUT2D eigenvalue weighted by molar-refractivity contribution is 5.65. The third-order valence-electron chi connectivity index (χ3n) is 3.81. The molecule has 1 saturated heterocycles. The highest BCUT2D eigenvalue weighted by Gasteiger charge is 2.28. The van der Waals surface area contributed by atoms with E-state index in [1.807, 2.05) is 0 Å². The summed E-state index contributed by atoms with van der Waals surface area (Å²) in [5.74, 6) is 0. The second kappa shape index (κ2) is 6.35. The van der Waals surface area contributed by atoms with Crippen LogP contribution in [0.3, 0.4) is 0 Å². The number of nitrogen functional groups attached to an aromatic ring is 1. The number of nitrogens with zero attached hydrogens (tertiary/aromatic N) is 2. The number of carbonyl (C=O) groups excluding carboxylic acids is 1. The molecule has 6 nitrogen and oxygen atoms in total. The predicted molar refractivity (Wildman–Crippen MR) is 75.6 cm³/mol. The summed E-state index contributed by atoms with van der Waals surface area (Å²) in [7, 11) is 0. The van der Waals surface area contributed by atoms with Crippen LogP contribution in [0.1, 0.15) is 18.6 Å². The van der Waals surface area contributed by atoms with Gasteiger partial charge in [0, 0.05) is 42.6 Å². The van der Waals surface area contributed by atoms with Gasteiger partial charge >= 0.3 is 0 Å². The smallest absolute Gasteiger partial charge is 0.268 e. The zero-order chi connectivity index (χ0) is 16.4. The summed E-state index contributed by atoms with van der Waals surface area (Å²) < 4.78 is 25.7. The van der Waals surface area contributed by atoms with Gasteiger partial charge in [-0.2, -0.15) is 0 Å². The third kappa shape index (κ3) is 3.22. The molecule has 1 aromatic rings. The number of benzene rings is 1. The topological polar surface area (TPSA) is 92.9 Å². The van der Waals surface area contributed by atoms with Crippen molar-refractivity contribution in [1.29, 1.82) is 0 Å². The molecule has 0 spiro atoms. The fourth-order valence-electron chi connectivity index (χ4n) is 2.68. The number of alkyl halides is 2. The quantitative estimate of drug-likeness (QED) is 0.789. The van der Waals surface area contributed by atoms with E-state index in [9.17, 15) is 23.8 Å². The number of hydrogen-bond acceptors (Lipinski definition) is 5. The SMILES string of the molecule is CC1CN(c2ccc(N)cc2C(O)C(F)F)CCN1C(=O)[O-]. The number of carboxylic acid groups (broad SMARTS) is 1. The highest BCUT2D eigenvalue weighted by atomic mass is 19.3. The lowest BCUT2D eigenvalue weighted by atomic mass is 10.0. The maximum absolute atomic E-state index is 12.8. The summed E-state index contributed by atoms with van der Waals surface area (Å²) in [6.07, 6.45) is -6.12. The molecule has 1 aliphatic rings. The minimum atomic E-state index is -2.93. The van der Waals surface area contributed by atoms with E-state index >= 15 is 0 Å². The van der Waals surface area contributed by atoms with E-state index in [-0.39, 0.29) is 23.8 Å². The normalized spacial score (nSPS) is 20.3. The number of nitrogens with two attached hydrogens (primary N) is 1. The summed E-state index contributed by atoms with van der Waals surface area (Å²) in [5.41, 5.74) is 6.38. The molecular weight excluding hydrogens is 296 g/mol. The average Bonchev–Trinajstić information content (AvgIpc) is 2.45. The van der Waals surface area contributed by atoms with Gasteiger partial charge in [-0.15, -0.1) is 0 Å². The van der Waals surface area contributed by atoms with E-state index in [2.05, 4.69) is 0 Å². The van der Waals surface area contributed by atoms with Gasteiger partial charge in [0.2, 0.25) is 0 Å². The van der Waals surface area contributed by atoms with Crippen LogP contribution in [0.5, 0.6) is 0 Å². The van der Waals surface area contributed by atoms with Crippen LogP contribution in [-0.2, 0) is 0 Å². The van der Waals surface area contributed by atoms with Crippen molar-refractivity contribution in [2.24, 2.45) is 0 Å². The molecule has 22 heavy (non-hydrogen) atoms. The van der Waals surface area contributed by atoms with E-state index in [1.165, 1.54) is 11.0 Å². The Morgan fingerprint density at radius 2 is 2.14 bits per heavy atom. The molecule has 122 valence electrons. The number of rotatable bonds is 3. The first-order valence-corrected chi connectivity index (χ1v) is 6.89. The maximum atomic E-state index is 12.8. The molecule has 3 N–H and O–H groups in total. The Kier molecular flexibility index (Phi) is 4.70. The first kappa shape index (κ1) is 16.3. The Morgan fingerprint density at radius 1 is 1.45 bits per heavy atom. The number of amides is 1. The fourth-order valence-corrected chi connectivity index (χ4v) is 2.68. The van der Waals surface area contributed by atoms with Crippen LogP contribution in [-0.4, -0.2) is 48.2 Å². The zero-order valence-corrected chi connectivity index (χ0v) is 12.1. The van der Waals surface area contributed by atoms with Crippen LogP contribution in [0.15, 0.2) is 18.2 Å². The number of carbonyl (C=O) groups is 1. The van der Waals surface area contributed by atoms with Crippen LogP contribution in [0.2, 0.25) is 0 Å². The van der Waals surface area contributed by atoms with Crippen LogP contribution in [0.25, 0.3) is 0 Å². The van der Waals surface area contributed by atoms with Crippen LogP contribution >= 0.6 is 0 Å². The van der Waals surface area contributed by atoms with Gasteiger partial charge < -0.3 is 30.5 Å². The summed E-state index contributed by atoms with van der Waals surface area (Å²) in [6.45, 7) is 2.56. The average molecular weight is 314 g/mol. The molecule has 1 aromatic carbocycles. The van der Waals surface area contributed by atoms with Gasteiger partial charge in [0.05, 0.1) is 0 Å². The molecule has 1 heterocycles. The standard InChI is InChI=1S/C14H19F2N3O3/c1-8-7-18(4-5-19(8)14(21)22)11-3-2-9(17)6-10(11)12(20)13(15)16/h2-3,6,8,12-13,20H,4-5,7,17H2,1H3,(H,21,22)/p-1. The fraction of sp³-hybridized carbons (Fsp3) is 0.500. The minimum absolute atomic E-state index is 0.0455. The van der Waals surface area contributed by atoms with Crippen molar-refractivity contribution in [3.8, 4) is 0 Å². The molecule has 1 fully saturated rings. The van der Waals surface area contributed by atoms with E-state index in [1.54, 1.807) is 24.0 Å². The molecule has 0 radical (unpaired) electrons. The first-order chi connectivity index (χ1) is 10.3. The van der Waals surface area contributed by atoms with Gasteiger partial charge in [-0.05, 0) is 25.1 Å². The molecule has 0 saturated carbocycles. The minimum Gasteiger partial charge on any atom is -0.530 e. The Balaban J connectivity index is 2.28. The third-order valence-corrected chi connectivity index (χ3v) is 3.81. The number of halogens is 2. The molecule has 0 bridgehead atoms. The van der Waals surface area contributed by atoms with Gasteiger partial charge in [-0.3, -0.25) is 0 Å². The van der Waals surface area contributed by atoms with Crippen molar-refractivity contribution in [2.45, 2.75) is 25.5 Å². The lowest BCUT2D eigenvalue weighted by Gasteiger charge is -2.43. The molecule has 1 aliphatic heterocycles. The zero-order valence-electron chi connectivity index (χ0n) is 12.1. The van der Waals surface area contributed by atoms with Gasteiger partial charge in [-0.1, -0.05) is 0 Å². The molecule has 2 unspecified atom stereocenters. The van der Waals surface area contributed by atoms with Gasteiger partial charge in [0.15, 0.2) is 0 Å². The van der Waals surface area contributed by atoms with Gasteiger partial charge in [0.1, 0.15) is 12.2 Å². The second-order valence-corrected chi connectivity index (χ2v) is 5.35. The van der Waals surface area contributed by atoms with Crippen molar-refractivity contribution in [2.75, 3.05) is 30.3 Å². The Hall–Kier alpha value is -2.09. The van der Waals surface area contributed by atoms with Gasteiger partial charge in [0.25, 0.3) is 6.43 Å². The maximum Gasteiger partial charge on any atom is 0.268 e. The van der Waals surface area contributed by atoms with Crippen molar-refractivity contribution in [3.05, 3.63) is 23.8 Å². The molecule has 0 aliphatic carbocycles. The van der Waals surface area contributed by atoms with E-state index < -0.39 is 18.6 Å². The van der Waals surface area contributed by atoms with E-state index in [0.29, 0.717) is 18.8 Å². The summed E-state index contributed by atoms with van der Waals surface area (Å²) in [5, 5.41) is 20.7. The number of anilines is 2. The van der Waals surface area contributed by atoms with Crippen LogP contribution in [0, 0.1) is 0 Å². The molecule has 0 aromatic heterocycles. The molecule has 2 atom stereocenters. The second-order valence-electron chi connectivity index (χ2n) is 5.35. The molecule has 8 heteroatoms. The number of piperazine rings is 1. The highest BCUT2D eigenvalue weighted by Crippen LogP contribution is 2.33. The lowest BCUT2D eigenvalue weighted by Crippen LogP contribution is -2.57. The van der Waals surface area contributed by atoms with Crippen LogP contribution < -0.4 is 15.7 Å². The largest absolute Gasteiger partial charge is 0.530 e. The number of aliphatic hydroxyl groups excluding tert-OH is 1.